The third-order valence-corrected chi connectivity index (χ3v) is 10.3. The lowest BCUT2D eigenvalue weighted by Crippen LogP contribution is -2.28. The SMILES string of the molecule is N#Cc1ccc2c(c1)C1(CCCCC1)c1cccc(-c3ccc(-c4nc(-c5ccccc5)nc(-c5ccc6ccccc6c5)n4)cc3)c1-2. The zero-order valence-corrected chi connectivity index (χ0v) is 26.5. The predicted molar refractivity (Wildman–Crippen MR) is 193 cm³/mol. The van der Waals surface area contributed by atoms with E-state index in [0.717, 1.165) is 46.0 Å². The molecule has 0 saturated heterocycles. The van der Waals surface area contributed by atoms with Gasteiger partial charge in [0, 0.05) is 22.1 Å². The van der Waals surface area contributed by atoms with Gasteiger partial charge in [0.1, 0.15) is 0 Å². The lowest BCUT2D eigenvalue weighted by atomic mass is 9.67. The van der Waals surface area contributed by atoms with Gasteiger partial charge in [-0.05, 0) is 75.2 Å². The monoisotopic (exact) mass is 616 g/mol. The van der Waals surface area contributed by atoms with E-state index in [0.29, 0.717) is 17.5 Å². The van der Waals surface area contributed by atoms with Gasteiger partial charge in [-0.1, -0.05) is 135 Å². The maximum absolute atomic E-state index is 9.77. The molecule has 9 rings (SSSR count). The zero-order chi connectivity index (χ0) is 32.1. The summed E-state index contributed by atoms with van der Waals surface area (Å²) in [7, 11) is 0. The summed E-state index contributed by atoms with van der Waals surface area (Å²) < 4.78 is 0. The van der Waals surface area contributed by atoms with Crippen LogP contribution in [-0.2, 0) is 5.41 Å². The first kappa shape index (κ1) is 28.3. The fraction of sp³-hybridized carbons (Fsp3) is 0.136. The summed E-state index contributed by atoms with van der Waals surface area (Å²) in [4.78, 5) is 14.9. The first-order valence-electron chi connectivity index (χ1n) is 16.8. The predicted octanol–water partition coefficient (Wildman–Crippen LogP) is 10.8. The highest BCUT2D eigenvalue weighted by molar-refractivity contribution is 5.93. The van der Waals surface area contributed by atoms with Gasteiger partial charge in [0.05, 0.1) is 11.6 Å². The molecule has 228 valence electrons. The van der Waals surface area contributed by atoms with E-state index < -0.39 is 0 Å². The van der Waals surface area contributed by atoms with Crippen molar-refractivity contribution in [1.82, 2.24) is 15.0 Å². The molecule has 4 nitrogen and oxygen atoms in total. The first-order chi connectivity index (χ1) is 23.7. The van der Waals surface area contributed by atoms with E-state index in [1.165, 1.54) is 52.5 Å². The van der Waals surface area contributed by atoms with Gasteiger partial charge in [0.15, 0.2) is 17.5 Å². The van der Waals surface area contributed by atoms with Crippen LogP contribution in [-0.4, -0.2) is 15.0 Å². The van der Waals surface area contributed by atoms with Crippen LogP contribution in [0.3, 0.4) is 0 Å². The molecule has 1 saturated carbocycles. The van der Waals surface area contributed by atoms with Crippen molar-refractivity contribution >= 4 is 10.8 Å². The molecule has 2 aliphatic carbocycles. The Labute approximate surface area is 280 Å². The van der Waals surface area contributed by atoms with E-state index in [4.69, 9.17) is 15.0 Å². The van der Waals surface area contributed by atoms with Crippen molar-refractivity contribution in [2.75, 3.05) is 0 Å². The van der Waals surface area contributed by atoms with E-state index in [2.05, 4.69) is 103 Å². The van der Waals surface area contributed by atoms with Gasteiger partial charge in [-0.3, -0.25) is 0 Å². The van der Waals surface area contributed by atoms with E-state index in [1.54, 1.807) is 0 Å². The van der Waals surface area contributed by atoms with Crippen LogP contribution >= 0.6 is 0 Å². The Bertz CT molecular complexity index is 2380. The minimum atomic E-state index is -0.0103. The summed E-state index contributed by atoms with van der Waals surface area (Å²) in [5.74, 6) is 1.95. The minimum absolute atomic E-state index is 0.0103. The Balaban J connectivity index is 1.15. The topological polar surface area (TPSA) is 62.5 Å². The summed E-state index contributed by atoms with van der Waals surface area (Å²) in [6.07, 6.45) is 5.97. The number of nitriles is 1. The highest BCUT2D eigenvalue weighted by atomic mass is 15.0. The van der Waals surface area contributed by atoms with Crippen molar-refractivity contribution < 1.29 is 0 Å². The number of hydrogen-bond donors (Lipinski definition) is 0. The molecule has 0 unspecified atom stereocenters. The van der Waals surface area contributed by atoms with Gasteiger partial charge >= 0.3 is 0 Å². The Kier molecular flexibility index (Phi) is 6.73. The number of nitrogens with zero attached hydrogens (tertiary/aromatic N) is 4. The van der Waals surface area contributed by atoms with Crippen molar-refractivity contribution in [1.29, 1.82) is 5.26 Å². The standard InChI is InChI=1S/C44H32N4/c45-28-29-16-23-37-39(26-29)44(24-7-2-8-25-44)38-15-9-14-36(40(37)38)31-18-20-33(21-19-31)42-46-41(32-11-3-1-4-12-32)47-43(48-42)35-22-17-30-10-5-6-13-34(30)27-35/h1,3-6,9-23,26-27H,2,7-8,24-25H2. The van der Waals surface area contributed by atoms with Crippen LogP contribution < -0.4 is 0 Å². The minimum Gasteiger partial charge on any atom is -0.208 e. The summed E-state index contributed by atoms with van der Waals surface area (Å²) >= 11 is 0. The van der Waals surface area contributed by atoms with Crippen LogP contribution in [0.2, 0.25) is 0 Å². The van der Waals surface area contributed by atoms with E-state index >= 15 is 0 Å². The molecule has 0 aliphatic heterocycles. The Morgan fingerprint density at radius 2 is 1.12 bits per heavy atom. The maximum atomic E-state index is 9.77. The van der Waals surface area contributed by atoms with Gasteiger partial charge in [-0.2, -0.15) is 5.26 Å². The average molecular weight is 617 g/mol. The lowest BCUT2D eigenvalue weighted by Gasteiger charge is -2.36. The van der Waals surface area contributed by atoms with Crippen LogP contribution in [0.25, 0.3) is 67.2 Å². The molecule has 7 aromatic rings. The van der Waals surface area contributed by atoms with E-state index in [9.17, 15) is 5.26 Å². The molecule has 4 heteroatoms. The number of aromatic nitrogens is 3. The van der Waals surface area contributed by atoms with Crippen molar-refractivity contribution in [2.24, 2.45) is 0 Å². The smallest absolute Gasteiger partial charge is 0.164 e. The fourth-order valence-corrected chi connectivity index (χ4v) is 8.03. The normalized spacial score (nSPS) is 14.4. The van der Waals surface area contributed by atoms with Crippen molar-refractivity contribution in [3.63, 3.8) is 0 Å². The molecule has 1 aromatic heterocycles. The second-order valence-corrected chi connectivity index (χ2v) is 13.1. The molecule has 0 radical (unpaired) electrons. The van der Waals surface area contributed by atoms with Gasteiger partial charge in [-0.15, -0.1) is 0 Å². The number of hydrogen-bond acceptors (Lipinski definition) is 4. The van der Waals surface area contributed by atoms with Crippen LogP contribution in [0.1, 0.15) is 48.8 Å². The summed E-state index contributed by atoms with van der Waals surface area (Å²) in [5, 5.41) is 12.1. The molecule has 1 heterocycles. The van der Waals surface area contributed by atoms with Crippen LogP contribution in [0.15, 0.2) is 133 Å². The Morgan fingerprint density at radius 3 is 1.88 bits per heavy atom. The maximum Gasteiger partial charge on any atom is 0.164 e. The molecular weight excluding hydrogens is 585 g/mol. The summed E-state index contributed by atoms with van der Waals surface area (Å²) in [5.41, 5.74) is 11.3. The molecule has 0 atom stereocenters. The van der Waals surface area contributed by atoms with Crippen LogP contribution in [0, 0.1) is 11.3 Å². The summed E-state index contributed by atoms with van der Waals surface area (Å²) in [6, 6.07) is 49.0. The van der Waals surface area contributed by atoms with Crippen molar-refractivity contribution in [3.05, 3.63) is 150 Å². The second kappa shape index (κ2) is 11.4. The number of fused-ring (bicyclic) bond motifs is 6. The largest absolute Gasteiger partial charge is 0.208 e. The third-order valence-electron chi connectivity index (χ3n) is 10.3. The summed E-state index contributed by atoms with van der Waals surface area (Å²) in [6.45, 7) is 0. The van der Waals surface area contributed by atoms with Crippen LogP contribution in [0.5, 0.6) is 0 Å². The Morgan fingerprint density at radius 1 is 0.479 bits per heavy atom. The lowest BCUT2D eigenvalue weighted by molar-refractivity contribution is 0.353. The molecule has 2 aliphatic rings. The van der Waals surface area contributed by atoms with Crippen molar-refractivity contribution in [3.8, 4) is 62.5 Å². The molecule has 1 spiro atoms. The first-order valence-corrected chi connectivity index (χ1v) is 16.8. The van der Waals surface area contributed by atoms with E-state index in [1.807, 2.05) is 36.4 Å². The van der Waals surface area contributed by atoms with E-state index in [-0.39, 0.29) is 5.41 Å². The highest BCUT2D eigenvalue weighted by Crippen LogP contribution is 2.58. The molecule has 48 heavy (non-hydrogen) atoms. The van der Waals surface area contributed by atoms with Gasteiger partial charge in [-0.25, -0.2) is 15.0 Å². The highest BCUT2D eigenvalue weighted by Gasteiger charge is 2.44. The number of benzene rings is 6. The molecule has 0 amide bonds. The third kappa shape index (κ3) is 4.62. The number of rotatable bonds is 4. The van der Waals surface area contributed by atoms with Crippen LogP contribution in [0.4, 0.5) is 0 Å². The average Bonchev–Trinajstić information content (AvgIpc) is 3.43. The second-order valence-electron chi connectivity index (χ2n) is 13.1. The van der Waals surface area contributed by atoms with Gasteiger partial charge in [0.25, 0.3) is 0 Å². The van der Waals surface area contributed by atoms with Gasteiger partial charge in [0.2, 0.25) is 0 Å². The van der Waals surface area contributed by atoms with Crippen molar-refractivity contribution in [2.45, 2.75) is 37.5 Å². The quantitative estimate of drug-likeness (QED) is 0.197. The Hall–Kier alpha value is -5.92. The molecular formula is C44H32N4. The molecule has 0 N–H and O–H groups in total. The fourth-order valence-electron chi connectivity index (χ4n) is 8.03. The molecule has 0 bridgehead atoms. The molecule has 1 fully saturated rings. The zero-order valence-electron chi connectivity index (χ0n) is 26.5. The molecule has 6 aromatic carbocycles. The van der Waals surface area contributed by atoms with Gasteiger partial charge < -0.3 is 0 Å².